The van der Waals surface area contributed by atoms with E-state index in [1.807, 2.05) is 0 Å². The molecular weight excluding hydrogens is 340 g/mol. The molecule has 0 unspecified atom stereocenters. The third-order valence-electron chi connectivity index (χ3n) is 4.62. The summed E-state index contributed by atoms with van der Waals surface area (Å²) >= 11 is 0. The summed E-state index contributed by atoms with van der Waals surface area (Å²) in [7, 11) is 0. The molecule has 0 spiro atoms. The Morgan fingerprint density at radius 3 is 2.50 bits per heavy atom. The zero-order valence-corrected chi connectivity index (χ0v) is 15.3. The standard InChI is InChI=1S/C17H28N4O5/c1-2-26-17(25)21-11-6-13(7-12-21)19-16(24)15(23)18-8-4-10-20-9-3-5-14(20)22/h13H,2-12H2,1H3,(H,18,23)(H,19,24). The van der Waals surface area contributed by atoms with Gasteiger partial charge >= 0.3 is 17.9 Å². The highest BCUT2D eigenvalue weighted by atomic mass is 16.6. The molecule has 2 N–H and O–H groups in total. The smallest absolute Gasteiger partial charge is 0.409 e. The number of carbonyl (C=O) groups excluding carboxylic acids is 4. The van der Waals surface area contributed by atoms with E-state index in [4.69, 9.17) is 4.74 Å². The van der Waals surface area contributed by atoms with Crippen molar-refractivity contribution in [2.75, 3.05) is 39.3 Å². The minimum Gasteiger partial charge on any atom is -0.450 e. The lowest BCUT2D eigenvalue weighted by atomic mass is 10.1. The Morgan fingerprint density at radius 1 is 1.15 bits per heavy atom. The van der Waals surface area contributed by atoms with Gasteiger partial charge in [0.1, 0.15) is 0 Å². The van der Waals surface area contributed by atoms with Crippen LogP contribution in [0.1, 0.15) is 39.0 Å². The number of piperidine rings is 1. The summed E-state index contributed by atoms with van der Waals surface area (Å²) in [6, 6.07) is -0.124. The Labute approximate surface area is 153 Å². The maximum Gasteiger partial charge on any atom is 0.409 e. The first kappa shape index (κ1) is 20.0. The van der Waals surface area contributed by atoms with Gasteiger partial charge in [0.2, 0.25) is 5.91 Å². The predicted octanol–water partition coefficient (Wildman–Crippen LogP) is -0.148. The number of hydrogen-bond donors (Lipinski definition) is 2. The van der Waals surface area contributed by atoms with Crippen molar-refractivity contribution in [1.82, 2.24) is 20.4 Å². The van der Waals surface area contributed by atoms with Crippen LogP contribution in [-0.2, 0) is 19.1 Å². The predicted molar refractivity (Wildman–Crippen MR) is 93.2 cm³/mol. The van der Waals surface area contributed by atoms with Gasteiger partial charge in [0.25, 0.3) is 0 Å². The van der Waals surface area contributed by atoms with Crippen molar-refractivity contribution in [3.63, 3.8) is 0 Å². The maximum atomic E-state index is 11.9. The maximum absolute atomic E-state index is 11.9. The van der Waals surface area contributed by atoms with E-state index >= 15 is 0 Å². The average molecular weight is 368 g/mol. The van der Waals surface area contributed by atoms with Gasteiger partial charge < -0.3 is 25.2 Å². The fourth-order valence-electron chi connectivity index (χ4n) is 3.16. The summed E-state index contributed by atoms with van der Waals surface area (Å²) in [4.78, 5) is 50.3. The summed E-state index contributed by atoms with van der Waals surface area (Å²) in [5.74, 6) is -1.16. The van der Waals surface area contributed by atoms with E-state index in [2.05, 4.69) is 10.6 Å². The average Bonchev–Trinajstić information content (AvgIpc) is 3.04. The first-order chi connectivity index (χ1) is 12.5. The molecule has 2 aliphatic rings. The van der Waals surface area contributed by atoms with Crippen LogP contribution in [0.4, 0.5) is 4.79 Å². The number of amides is 4. The van der Waals surface area contributed by atoms with Crippen molar-refractivity contribution in [3.8, 4) is 0 Å². The topological polar surface area (TPSA) is 108 Å². The van der Waals surface area contributed by atoms with Gasteiger partial charge in [0, 0.05) is 45.2 Å². The molecule has 0 bridgehead atoms. The van der Waals surface area contributed by atoms with E-state index in [0.717, 1.165) is 13.0 Å². The lowest BCUT2D eigenvalue weighted by Gasteiger charge is -2.31. The Hall–Kier alpha value is -2.32. The number of nitrogens with one attached hydrogen (secondary N) is 2. The third kappa shape index (κ3) is 5.89. The number of likely N-dealkylation sites (tertiary alicyclic amines) is 2. The molecule has 0 radical (unpaired) electrons. The number of nitrogens with zero attached hydrogens (tertiary/aromatic N) is 2. The van der Waals surface area contributed by atoms with Gasteiger partial charge in [-0.25, -0.2) is 4.79 Å². The molecule has 0 atom stereocenters. The quantitative estimate of drug-likeness (QED) is 0.501. The molecule has 0 saturated carbocycles. The zero-order chi connectivity index (χ0) is 18.9. The summed E-state index contributed by atoms with van der Waals surface area (Å²) in [6.07, 6.45) is 2.96. The Morgan fingerprint density at radius 2 is 1.88 bits per heavy atom. The van der Waals surface area contributed by atoms with E-state index in [9.17, 15) is 19.2 Å². The lowest BCUT2D eigenvalue weighted by molar-refractivity contribution is -0.139. The molecule has 4 amide bonds. The molecule has 146 valence electrons. The second-order valence-electron chi connectivity index (χ2n) is 6.53. The van der Waals surface area contributed by atoms with Gasteiger partial charge in [-0.05, 0) is 32.6 Å². The molecule has 2 saturated heterocycles. The molecule has 0 aromatic rings. The van der Waals surface area contributed by atoms with Crippen LogP contribution in [0.3, 0.4) is 0 Å². The molecule has 9 nitrogen and oxygen atoms in total. The molecule has 0 aromatic heterocycles. The monoisotopic (exact) mass is 368 g/mol. The summed E-state index contributed by atoms with van der Waals surface area (Å²) < 4.78 is 4.95. The minimum absolute atomic E-state index is 0.124. The Bertz CT molecular complexity index is 531. The largest absolute Gasteiger partial charge is 0.450 e. The van der Waals surface area contributed by atoms with E-state index < -0.39 is 11.8 Å². The first-order valence-electron chi connectivity index (χ1n) is 9.29. The lowest BCUT2D eigenvalue weighted by Crippen LogP contribution is -2.50. The van der Waals surface area contributed by atoms with Gasteiger partial charge in [-0.15, -0.1) is 0 Å². The molecule has 26 heavy (non-hydrogen) atoms. The van der Waals surface area contributed by atoms with Crippen LogP contribution in [0.2, 0.25) is 0 Å². The third-order valence-corrected chi connectivity index (χ3v) is 4.62. The van der Waals surface area contributed by atoms with Crippen LogP contribution in [0.5, 0.6) is 0 Å². The molecule has 0 aromatic carbocycles. The highest BCUT2D eigenvalue weighted by molar-refractivity contribution is 6.35. The summed E-state index contributed by atoms with van der Waals surface area (Å²) in [5.41, 5.74) is 0. The van der Waals surface area contributed by atoms with Gasteiger partial charge in [-0.1, -0.05) is 0 Å². The van der Waals surface area contributed by atoms with Gasteiger partial charge in [-0.2, -0.15) is 0 Å². The van der Waals surface area contributed by atoms with Crippen LogP contribution in [-0.4, -0.2) is 79.0 Å². The highest BCUT2D eigenvalue weighted by Gasteiger charge is 2.26. The number of carbonyl (C=O) groups is 4. The molecular formula is C17H28N4O5. The van der Waals surface area contributed by atoms with Crippen molar-refractivity contribution in [2.45, 2.75) is 45.1 Å². The molecule has 2 heterocycles. The summed E-state index contributed by atoms with van der Waals surface area (Å²) in [6.45, 7) is 4.82. The number of ether oxygens (including phenoxy) is 1. The molecule has 9 heteroatoms. The molecule has 2 rings (SSSR count). The van der Waals surface area contributed by atoms with Gasteiger partial charge in [-0.3, -0.25) is 14.4 Å². The van der Waals surface area contributed by atoms with Crippen molar-refractivity contribution in [2.24, 2.45) is 0 Å². The minimum atomic E-state index is -0.662. The van der Waals surface area contributed by atoms with Gasteiger partial charge in [0.05, 0.1) is 6.61 Å². The zero-order valence-electron chi connectivity index (χ0n) is 15.3. The fraction of sp³-hybridized carbons (Fsp3) is 0.765. The normalized spacial score (nSPS) is 18.0. The van der Waals surface area contributed by atoms with Crippen LogP contribution in [0.25, 0.3) is 0 Å². The highest BCUT2D eigenvalue weighted by Crippen LogP contribution is 2.11. The second kappa shape index (κ2) is 9.98. The van der Waals surface area contributed by atoms with Crippen LogP contribution >= 0.6 is 0 Å². The van der Waals surface area contributed by atoms with Crippen molar-refractivity contribution in [3.05, 3.63) is 0 Å². The Balaban J connectivity index is 1.59. The van der Waals surface area contributed by atoms with Crippen LogP contribution in [0.15, 0.2) is 0 Å². The second-order valence-corrected chi connectivity index (χ2v) is 6.53. The number of hydrogen-bond acceptors (Lipinski definition) is 5. The number of rotatable bonds is 6. The molecule has 2 fully saturated rings. The van der Waals surface area contributed by atoms with Gasteiger partial charge in [0.15, 0.2) is 0 Å². The van der Waals surface area contributed by atoms with E-state index in [-0.39, 0.29) is 18.0 Å². The molecule has 2 aliphatic heterocycles. The van der Waals surface area contributed by atoms with Crippen LogP contribution in [0, 0.1) is 0 Å². The van der Waals surface area contributed by atoms with E-state index in [1.54, 1.807) is 16.7 Å². The van der Waals surface area contributed by atoms with Crippen molar-refractivity contribution < 1.29 is 23.9 Å². The summed E-state index contributed by atoms with van der Waals surface area (Å²) in [5, 5.41) is 5.29. The molecule has 0 aliphatic carbocycles. The van der Waals surface area contributed by atoms with Crippen molar-refractivity contribution >= 4 is 23.8 Å². The Kier molecular flexibility index (Phi) is 7.68. The van der Waals surface area contributed by atoms with E-state index in [1.165, 1.54) is 0 Å². The fourth-order valence-corrected chi connectivity index (χ4v) is 3.16. The van der Waals surface area contributed by atoms with E-state index in [0.29, 0.717) is 58.5 Å². The first-order valence-corrected chi connectivity index (χ1v) is 9.29. The van der Waals surface area contributed by atoms with Crippen molar-refractivity contribution in [1.29, 1.82) is 0 Å². The van der Waals surface area contributed by atoms with Crippen LogP contribution < -0.4 is 10.6 Å². The SMILES string of the molecule is CCOC(=O)N1CCC(NC(=O)C(=O)NCCCN2CCCC2=O)CC1.